The first kappa shape index (κ1) is 20.5. The Bertz CT molecular complexity index is 733. The molecule has 0 saturated carbocycles. The van der Waals surface area contributed by atoms with Crippen molar-refractivity contribution in [2.75, 3.05) is 31.9 Å². The second-order valence-corrected chi connectivity index (χ2v) is 9.82. The van der Waals surface area contributed by atoms with Crippen molar-refractivity contribution in [2.24, 2.45) is 4.99 Å². The number of nitrogens with zero attached hydrogens (tertiary/aromatic N) is 2. The number of guanidine groups is 1. The molecule has 0 radical (unpaired) electrons. The van der Waals surface area contributed by atoms with Gasteiger partial charge in [0.05, 0.1) is 17.0 Å². The Morgan fingerprint density at radius 3 is 2.62 bits per heavy atom. The topological polar surface area (TPSA) is 71.0 Å². The summed E-state index contributed by atoms with van der Waals surface area (Å²) in [5.41, 5.74) is 0. The maximum atomic E-state index is 13.0. The van der Waals surface area contributed by atoms with Crippen LogP contribution in [0, 0.1) is 5.82 Å². The molecule has 1 heterocycles. The summed E-state index contributed by atoms with van der Waals surface area (Å²) >= 11 is 0. The molecule has 1 N–H and O–H groups in total. The molecule has 1 aromatic carbocycles. The molecule has 0 amide bonds. The van der Waals surface area contributed by atoms with E-state index in [4.69, 9.17) is 4.74 Å². The third-order valence-corrected chi connectivity index (χ3v) is 6.86. The van der Waals surface area contributed by atoms with Crippen LogP contribution in [0.5, 0.6) is 5.75 Å². The van der Waals surface area contributed by atoms with Crippen LogP contribution in [0.25, 0.3) is 0 Å². The summed E-state index contributed by atoms with van der Waals surface area (Å²) in [5.74, 6) is 1.08. The highest BCUT2D eigenvalue weighted by Gasteiger charge is 2.40. The number of sulfone groups is 1. The fraction of sp³-hybridized carbons (Fsp3) is 0.611. The van der Waals surface area contributed by atoms with Crippen molar-refractivity contribution in [1.29, 1.82) is 0 Å². The molecule has 1 fully saturated rings. The Morgan fingerprint density at radius 2 is 2.04 bits per heavy atom. The van der Waals surface area contributed by atoms with Crippen molar-refractivity contribution in [3.05, 3.63) is 30.1 Å². The van der Waals surface area contributed by atoms with Gasteiger partial charge < -0.3 is 15.0 Å². The van der Waals surface area contributed by atoms with E-state index in [2.05, 4.69) is 10.3 Å². The van der Waals surface area contributed by atoms with Crippen molar-refractivity contribution in [2.45, 2.75) is 38.5 Å². The number of ether oxygens (including phenoxy) is 1. The largest absolute Gasteiger partial charge is 0.489 e. The van der Waals surface area contributed by atoms with Gasteiger partial charge in [-0.25, -0.2) is 17.8 Å². The van der Waals surface area contributed by atoms with Crippen molar-refractivity contribution < 1.29 is 17.5 Å². The van der Waals surface area contributed by atoms with Crippen LogP contribution in [0.1, 0.15) is 27.7 Å². The molecule has 1 aliphatic heterocycles. The van der Waals surface area contributed by atoms with E-state index < -0.39 is 14.6 Å². The summed E-state index contributed by atoms with van der Waals surface area (Å²) in [5, 5.41) is 3.22. The summed E-state index contributed by atoms with van der Waals surface area (Å²) in [4.78, 5) is 6.58. The Balaban J connectivity index is 2.03. The van der Waals surface area contributed by atoms with Crippen LogP contribution >= 0.6 is 0 Å². The molecule has 1 aromatic rings. The molecular weight excluding hydrogens is 357 g/mol. The number of nitrogens with one attached hydrogen (secondary N) is 1. The highest BCUT2D eigenvalue weighted by molar-refractivity contribution is 7.92. The lowest BCUT2D eigenvalue weighted by Gasteiger charge is -2.39. The number of hydrogen-bond donors (Lipinski definition) is 1. The van der Waals surface area contributed by atoms with Crippen molar-refractivity contribution in [1.82, 2.24) is 10.2 Å². The Kier molecular flexibility index (Phi) is 6.49. The molecule has 146 valence electrons. The first-order valence-corrected chi connectivity index (χ1v) is 10.5. The standard InChI is InChI=1S/C18H28FN3O3S/c1-5-20-17(22-10-11-26(23,24)18(3,4)13-22)21-12-14(2)25-16-8-6-15(19)7-9-16/h6-9,14H,5,10-13H2,1-4H3,(H,20,21). The summed E-state index contributed by atoms with van der Waals surface area (Å²) in [6.45, 7) is 9.27. The number of benzene rings is 1. The zero-order valence-corrected chi connectivity index (χ0v) is 16.6. The van der Waals surface area contributed by atoms with Gasteiger partial charge in [-0.1, -0.05) is 0 Å². The van der Waals surface area contributed by atoms with Crippen LogP contribution in [0.15, 0.2) is 29.3 Å². The van der Waals surface area contributed by atoms with Gasteiger partial charge in [-0.05, 0) is 52.0 Å². The molecule has 0 aliphatic carbocycles. The summed E-state index contributed by atoms with van der Waals surface area (Å²) in [7, 11) is -3.10. The normalized spacial score (nSPS) is 20.5. The smallest absolute Gasteiger partial charge is 0.194 e. The molecule has 1 unspecified atom stereocenters. The molecule has 0 aromatic heterocycles. The second-order valence-electron chi connectivity index (χ2n) is 7.08. The predicted octanol–water partition coefficient (Wildman–Crippen LogP) is 2.07. The summed E-state index contributed by atoms with van der Waals surface area (Å²) in [6, 6.07) is 5.87. The quantitative estimate of drug-likeness (QED) is 0.621. The molecule has 1 saturated heterocycles. The second kappa shape index (κ2) is 8.24. The van der Waals surface area contributed by atoms with Gasteiger partial charge in [0, 0.05) is 19.6 Å². The monoisotopic (exact) mass is 385 g/mol. The molecule has 1 aliphatic rings. The Labute approximate surface area is 155 Å². The van der Waals surface area contributed by atoms with Gasteiger partial charge in [0.1, 0.15) is 17.7 Å². The van der Waals surface area contributed by atoms with Gasteiger partial charge in [0.15, 0.2) is 15.8 Å². The number of hydrogen-bond acceptors (Lipinski definition) is 4. The Hall–Kier alpha value is -1.83. The van der Waals surface area contributed by atoms with Crippen LogP contribution in [0.4, 0.5) is 4.39 Å². The van der Waals surface area contributed by atoms with Crippen LogP contribution in [-0.4, -0.2) is 62.1 Å². The summed E-state index contributed by atoms with van der Waals surface area (Å²) < 4.78 is 42.3. The average molecular weight is 386 g/mol. The fourth-order valence-corrected chi connectivity index (χ4v) is 4.11. The maximum absolute atomic E-state index is 13.0. The van der Waals surface area contributed by atoms with Gasteiger partial charge in [-0.15, -0.1) is 0 Å². The Morgan fingerprint density at radius 1 is 1.38 bits per heavy atom. The minimum atomic E-state index is -3.10. The zero-order chi connectivity index (χ0) is 19.4. The van der Waals surface area contributed by atoms with Gasteiger partial charge in [-0.3, -0.25) is 0 Å². The highest BCUT2D eigenvalue weighted by atomic mass is 32.2. The van der Waals surface area contributed by atoms with Crippen molar-refractivity contribution in [3.8, 4) is 5.75 Å². The lowest BCUT2D eigenvalue weighted by atomic mass is 10.2. The number of aliphatic imine (C=N–C) groups is 1. The lowest BCUT2D eigenvalue weighted by Crippen LogP contribution is -2.57. The van der Waals surface area contributed by atoms with E-state index in [1.165, 1.54) is 12.1 Å². The third kappa shape index (κ3) is 5.09. The molecule has 2 rings (SSSR count). The van der Waals surface area contributed by atoms with Crippen molar-refractivity contribution >= 4 is 15.8 Å². The molecule has 1 atom stereocenters. The molecule has 0 bridgehead atoms. The predicted molar refractivity (Wildman–Crippen MR) is 102 cm³/mol. The first-order chi connectivity index (χ1) is 12.1. The van der Waals surface area contributed by atoms with E-state index in [0.717, 1.165) is 0 Å². The zero-order valence-electron chi connectivity index (χ0n) is 15.8. The third-order valence-electron chi connectivity index (χ3n) is 4.33. The van der Waals surface area contributed by atoms with E-state index >= 15 is 0 Å². The number of halogens is 1. The van der Waals surface area contributed by atoms with Crippen molar-refractivity contribution in [3.63, 3.8) is 0 Å². The van der Waals surface area contributed by atoms with Gasteiger partial charge in [0.2, 0.25) is 0 Å². The molecule has 6 nitrogen and oxygen atoms in total. The van der Waals surface area contributed by atoms with Crippen LogP contribution in [-0.2, 0) is 9.84 Å². The van der Waals surface area contributed by atoms with E-state index in [-0.39, 0.29) is 17.7 Å². The fourth-order valence-electron chi connectivity index (χ4n) is 2.75. The molecule has 8 heteroatoms. The van der Waals surface area contributed by atoms with Crippen LogP contribution < -0.4 is 10.1 Å². The number of rotatable bonds is 5. The maximum Gasteiger partial charge on any atom is 0.194 e. The van der Waals surface area contributed by atoms with E-state index in [1.807, 2.05) is 18.7 Å². The minimum absolute atomic E-state index is 0.117. The van der Waals surface area contributed by atoms with E-state index in [1.54, 1.807) is 26.0 Å². The van der Waals surface area contributed by atoms with Gasteiger partial charge in [0.25, 0.3) is 0 Å². The minimum Gasteiger partial charge on any atom is -0.489 e. The molecule has 0 spiro atoms. The van der Waals surface area contributed by atoms with E-state index in [0.29, 0.717) is 37.9 Å². The SMILES string of the molecule is CCNC(=NCC(C)Oc1ccc(F)cc1)N1CCS(=O)(=O)C(C)(C)C1. The first-order valence-electron chi connectivity index (χ1n) is 8.82. The molecule has 26 heavy (non-hydrogen) atoms. The molecular formula is C18H28FN3O3S. The lowest BCUT2D eigenvalue weighted by molar-refractivity contribution is 0.229. The van der Waals surface area contributed by atoms with E-state index in [9.17, 15) is 12.8 Å². The highest BCUT2D eigenvalue weighted by Crippen LogP contribution is 2.23. The van der Waals surface area contributed by atoms with Crippen LogP contribution in [0.2, 0.25) is 0 Å². The summed E-state index contributed by atoms with van der Waals surface area (Å²) in [6.07, 6.45) is -0.198. The average Bonchev–Trinajstić information content (AvgIpc) is 2.56. The van der Waals surface area contributed by atoms with Gasteiger partial charge in [-0.2, -0.15) is 0 Å². The van der Waals surface area contributed by atoms with Crippen LogP contribution in [0.3, 0.4) is 0 Å². The van der Waals surface area contributed by atoms with Gasteiger partial charge >= 0.3 is 0 Å².